The molecule has 2 aromatic carbocycles. The summed E-state index contributed by atoms with van der Waals surface area (Å²) in [5.41, 5.74) is 3.03. The average Bonchev–Trinajstić information content (AvgIpc) is 2.95. The van der Waals surface area contributed by atoms with Crippen LogP contribution in [0.5, 0.6) is 0 Å². The third-order valence-corrected chi connectivity index (χ3v) is 5.42. The summed E-state index contributed by atoms with van der Waals surface area (Å²) in [4.78, 5) is 19.5. The van der Waals surface area contributed by atoms with E-state index >= 15 is 0 Å². The lowest BCUT2D eigenvalue weighted by molar-refractivity contribution is 0.155. The van der Waals surface area contributed by atoms with Crippen molar-refractivity contribution in [2.45, 2.75) is 31.3 Å². The maximum atomic E-state index is 12.8. The van der Waals surface area contributed by atoms with Crippen LogP contribution in [0.2, 0.25) is 0 Å². The van der Waals surface area contributed by atoms with Gasteiger partial charge in [-0.05, 0) is 37.0 Å². The van der Waals surface area contributed by atoms with Gasteiger partial charge in [0.05, 0.1) is 11.0 Å². The van der Waals surface area contributed by atoms with Gasteiger partial charge in [-0.15, -0.1) is 0 Å². The average molecular weight is 348 g/mol. The molecule has 134 valence electrons. The SMILES string of the molecule is CN(C(=O)N[C@@H](c1ccccc1)c1nc2ccccc2n1C)C1CCC1. The van der Waals surface area contributed by atoms with Gasteiger partial charge in [-0.1, -0.05) is 42.5 Å². The summed E-state index contributed by atoms with van der Waals surface area (Å²) in [5, 5.41) is 3.20. The quantitative estimate of drug-likeness (QED) is 0.778. The Hall–Kier alpha value is -2.82. The summed E-state index contributed by atoms with van der Waals surface area (Å²) >= 11 is 0. The zero-order valence-corrected chi connectivity index (χ0v) is 15.2. The summed E-state index contributed by atoms with van der Waals surface area (Å²) in [7, 11) is 3.89. The van der Waals surface area contributed by atoms with Crippen LogP contribution in [0.25, 0.3) is 11.0 Å². The van der Waals surface area contributed by atoms with E-state index in [1.165, 1.54) is 6.42 Å². The minimum atomic E-state index is -0.288. The molecule has 0 bridgehead atoms. The van der Waals surface area contributed by atoms with Crippen molar-refractivity contribution in [2.75, 3.05) is 7.05 Å². The lowest BCUT2D eigenvalue weighted by atomic mass is 9.92. The van der Waals surface area contributed by atoms with Crippen LogP contribution in [0.3, 0.4) is 0 Å². The van der Waals surface area contributed by atoms with Crippen molar-refractivity contribution in [1.29, 1.82) is 0 Å². The molecule has 0 spiro atoms. The van der Waals surface area contributed by atoms with Crippen LogP contribution in [0.4, 0.5) is 4.79 Å². The van der Waals surface area contributed by atoms with Crippen molar-refractivity contribution >= 4 is 17.1 Å². The fourth-order valence-electron chi connectivity index (χ4n) is 3.53. The Balaban J connectivity index is 1.71. The van der Waals surface area contributed by atoms with E-state index < -0.39 is 0 Å². The van der Waals surface area contributed by atoms with Crippen LogP contribution in [-0.4, -0.2) is 33.6 Å². The number of aryl methyl sites for hydroxylation is 1. The van der Waals surface area contributed by atoms with Crippen LogP contribution in [0, 0.1) is 0 Å². The number of benzene rings is 2. The molecule has 0 unspecified atom stereocenters. The fraction of sp³-hybridized carbons (Fsp3) is 0.333. The summed E-state index contributed by atoms with van der Waals surface area (Å²) < 4.78 is 2.07. The molecule has 1 heterocycles. The molecule has 1 aromatic heterocycles. The Morgan fingerprint density at radius 2 is 1.85 bits per heavy atom. The van der Waals surface area contributed by atoms with Crippen molar-refractivity contribution in [3.05, 3.63) is 66.0 Å². The maximum absolute atomic E-state index is 12.8. The normalized spacial score (nSPS) is 15.5. The lowest BCUT2D eigenvalue weighted by Crippen LogP contribution is -2.47. The zero-order valence-electron chi connectivity index (χ0n) is 15.2. The van der Waals surface area contributed by atoms with Crippen LogP contribution in [0.15, 0.2) is 54.6 Å². The van der Waals surface area contributed by atoms with Crippen LogP contribution in [-0.2, 0) is 7.05 Å². The monoisotopic (exact) mass is 348 g/mol. The van der Waals surface area contributed by atoms with Crippen LogP contribution < -0.4 is 5.32 Å². The van der Waals surface area contributed by atoms with Gasteiger partial charge in [0.15, 0.2) is 0 Å². The van der Waals surface area contributed by atoms with E-state index in [0.29, 0.717) is 6.04 Å². The lowest BCUT2D eigenvalue weighted by Gasteiger charge is -2.35. The van der Waals surface area contributed by atoms with E-state index in [0.717, 1.165) is 35.3 Å². The third kappa shape index (κ3) is 2.94. The Morgan fingerprint density at radius 3 is 2.50 bits per heavy atom. The van der Waals surface area contributed by atoms with E-state index in [9.17, 15) is 4.79 Å². The number of urea groups is 1. The maximum Gasteiger partial charge on any atom is 0.318 e. The van der Waals surface area contributed by atoms with E-state index in [1.807, 2.05) is 67.5 Å². The van der Waals surface area contributed by atoms with Gasteiger partial charge in [-0.2, -0.15) is 0 Å². The summed E-state index contributed by atoms with van der Waals surface area (Å²) in [6, 6.07) is 18.1. The van der Waals surface area contributed by atoms with Crippen molar-refractivity contribution < 1.29 is 4.79 Å². The van der Waals surface area contributed by atoms with E-state index in [2.05, 4.69) is 16.0 Å². The number of carbonyl (C=O) groups excluding carboxylic acids is 1. The number of rotatable bonds is 4. The Labute approximate surface area is 153 Å². The molecule has 4 rings (SSSR count). The zero-order chi connectivity index (χ0) is 18.1. The molecule has 5 heteroatoms. The van der Waals surface area contributed by atoms with Crippen molar-refractivity contribution in [3.8, 4) is 0 Å². The second-order valence-corrected chi connectivity index (χ2v) is 7.01. The smallest absolute Gasteiger partial charge is 0.318 e. The second kappa shape index (κ2) is 6.83. The van der Waals surface area contributed by atoms with Crippen molar-refractivity contribution in [2.24, 2.45) is 7.05 Å². The molecule has 1 fully saturated rings. The molecule has 1 aliphatic rings. The standard InChI is InChI=1S/C21H24N4O/c1-24(16-11-8-12-16)21(26)23-19(15-9-4-3-5-10-15)20-22-17-13-6-7-14-18(17)25(20)2/h3-7,9-10,13-14,16,19H,8,11-12H2,1-2H3,(H,23,26)/t19-/m0/s1. The van der Waals surface area contributed by atoms with Gasteiger partial charge in [0.2, 0.25) is 0 Å². The molecule has 0 aliphatic heterocycles. The molecule has 1 N–H and O–H groups in total. The Kier molecular flexibility index (Phi) is 4.37. The van der Waals surface area contributed by atoms with Gasteiger partial charge in [0, 0.05) is 20.1 Å². The number of imidazole rings is 1. The molecule has 1 atom stereocenters. The molecule has 3 aromatic rings. The highest BCUT2D eigenvalue weighted by Crippen LogP contribution is 2.27. The Bertz CT molecular complexity index is 914. The number of fused-ring (bicyclic) bond motifs is 1. The second-order valence-electron chi connectivity index (χ2n) is 7.01. The Morgan fingerprint density at radius 1 is 1.15 bits per heavy atom. The molecule has 1 aliphatic carbocycles. The van der Waals surface area contributed by atoms with E-state index in [4.69, 9.17) is 4.98 Å². The highest BCUT2D eigenvalue weighted by Gasteiger charge is 2.29. The predicted molar refractivity (Wildman–Crippen MR) is 103 cm³/mol. The number of para-hydroxylation sites is 2. The molecule has 1 saturated carbocycles. The van der Waals surface area contributed by atoms with Crippen LogP contribution in [0.1, 0.15) is 36.7 Å². The van der Waals surface area contributed by atoms with E-state index in [-0.39, 0.29) is 12.1 Å². The predicted octanol–water partition coefficient (Wildman–Crippen LogP) is 3.86. The molecule has 0 saturated heterocycles. The number of aromatic nitrogens is 2. The van der Waals surface area contributed by atoms with E-state index in [1.54, 1.807) is 0 Å². The van der Waals surface area contributed by atoms with Gasteiger partial charge in [0.1, 0.15) is 11.9 Å². The number of amides is 2. The first kappa shape index (κ1) is 16.6. The minimum absolute atomic E-state index is 0.0457. The fourth-order valence-corrected chi connectivity index (χ4v) is 3.53. The van der Waals surface area contributed by atoms with Gasteiger partial charge in [-0.25, -0.2) is 9.78 Å². The van der Waals surface area contributed by atoms with Crippen LogP contribution >= 0.6 is 0 Å². The first-order valence-corrected chi connectivity index (χ1v) is 9.15. The third-order valence-electron chi connectivity index (χ3n) is 5.42. The molecule has 26 heavy (non-hydrogen) atoms. The number of nitrogens with zero attached hydrogens (tertiary/aromatic N) is 3. The van der Waals surface area contributed by atoms with Crippen molar-refractivity contribution in [1.82, 2.24) is 19.8 Å². The molecular formula is C21H24N4O. The van der Waals surface area contributed by atoms with Gasteiger partial charge in [-0.3, -0.25) is 0 Å². The molecule has 5 nitrogen and oxygen atoms in total. The number of hydrogen-bond acceptors (Lipinski definition) is 2. The first-order valence-electron chi connectivity index (χ1n) is 9.15. The topological polar surface area (TPSA) is 50.2 Å². The highest BCUT2D eigenvalue weighted by atomic mass is 16.2. The number of nitrogens with one attached hydrogen (secondary N) is 1. The summed E-state index contributed by atoms with van der Waals surface area (Å²) in [5.74, 6) is 0.841. The largest absolute Gasteiger partial charge is 0.329 e. The van der Waals surface area contributed by atoms with Gasteiger partial charge < -0.3 is 14.8 Å². The molecule has 2 amide bonds. The molecular weight excluding hydrogens is 324 g/mol. The summed E-state index contributed by atoms with van der Waals surface area (Å²) in [6.45, 7) is 0. The molecule has 0 radical (unpaired) electrons. The van der Waals surface area contributed by atoms with Gasteiger partial charge in [0.25, 0.3) is 0 Å². The van der Waals surface area contributed by atoms with Crippen molar-refractivity contribution in [3.63, 3.8) is 0 Å². The number of carbonyl (C=O) groups is 1. The van der Waals surface area contributed by atoms with Gasteiger partial charge >= 0.3 is 6.03 Å². The minimum Gasteiger partial charge on any atom is -0.329 e. The summed E-state index contributed by atoms with van der Waals surface area (Å²) in [6.07, 6.45) is 3.38. The highest BCUT2D eigenvalue weighted by molar-refractivity contribution is 5.78. The number of hydrogen-bond donors (Lipinski definition) is 1. The first-order chi connectivity index (χ1) is 12.6.